The molecule has 0 atom stereocenters. The van der Waals surface area contributed by atoms with Crippen molar-refractivity contribution in [2.24, 2.45) is 5.11 Å². The molecule has 3 nitrogen and oxygen atoms in total. The van der Waals surface area contributed by atoms with Gasteiger partial charge in [0, 0.05) is 10.6 Å². The third-order valence-corrected chi connectivity index (χ3v) is 1.27. The minimum absolute atomic E-state index is 0.194. The van der Waals surface area contributed by atoms with Crippen molar-refractivity contribution in [3.05, 3.63) is 40.3 Å². The monoisotopic (exact) mass is 217 g/mol. The van der Waals surface area contributed by atoms with Crippen LogP contribution in [0.4, 0.5) is 5.69 Å². The topological polar surface area (TPSA) is 48.8 Å². The van der Waals surface area contributed by atoms with E-state index in [9.17, 15) is 0 Å². The third-order valence-electron chi connectivity index (χ3n) is 1.27. The lowest BCUT2D eigenvalue weighted by Crippen LogP contribution is -1.68. The van der Waals surface area contributed by atoms with Crippen molar-refractivity contribution in [2.45, 2.75) is 6.92 Å². The second kappa shape index (κ2) is 7.74. The molecule has 0 aliphatic rings. The highest BCUT2D eigenvalue weighted by molar-refractivity contribution is 6.40. The fourth-order valence-corrected chi connectivity index (χ4v) is 0.724. The van der Waals surface area contributed by atoms with Crippen LogP contribution in [0, 0.1) is 6.92 Å². The van der Waals surface area contributed by atoms with Gasteiger partial charge in [-0.2, -0.15) is 0 Å². The van der Waals surface area contributed by atoms with E-state index in [-0.39, 0.29) is 5.34 Å². The first-order valence-electron chi connectivity index (χ1n) is 3.49. The van der Waals surface area contributed by atoms with Crippen LogP contribution in [0.15, 0.2) is 29.4 Å². The van der Waals surface area contributed by atoms with Crippen LogP contribution in [0.3, 0.4) is 0 Å². The van der Waals surface area contributed by atoms with Crippen molar-refractivity contribution < 1.29 is 0 Å². The Balaban J connectivity index is 0.000000424. The number of hydrogen-bond donors (Lipinski definition) is 0. The predicted molar refractivity (Wildman–Crippen MR) is 56.6 cm³/mol. The van der Waals surface area contributed by atoms with E-state index in [1.54, 1.807) is 6.07 Å². The Kier molecular flexibility index (Phi) is 7.21. The summed E-state index contributed by atoms with van der Waals surface area (Å²) in [6.07, 6.45) is 0. The van der Waals surface area contributed by atoms with Gasteiger partial charge in [0.2, 0.25) is 0 Å². The molecule has 5 heteroatoms. The summed E-state index contributed by atoms with van der Waals surface area (Å²) in [4.78, 5) is 2.69. The Hall–Kier alpha value is -0.890. The molecular formula is C8H9Cl2N3. The lowest BCUT2D eigenvalue weighted by atomic mass is 10.2. The van der Waals surface area contributed by atoms with Gasteiger partial charge in [0.25, 0.3) is 0 Å². The molecule has 0 unspecified atom stereocenters. The largest absolute Gasteiger partial charge is 0.109 e. The van der Waals surface area contributed by atoms with Crippen LogP contribution in [0.25, 0.3) is 10.4 Å². The highest BCUT2D eigenvalue weighted by Gasteiger charge is 1.89. The summed E-state index contributed by atoms with van der Waals surface area (Å²) in [6, 6.07) is 7.45. The summed E-state index contributed by atoms with van der Waals surface area (Å²) in [7, 11) is 0. The van der Waals surface area contributed by atoms with Gasteiger partial charge in [-0.3, -0.25) is 0 Å². The highest BCUT2D eigenvalue weighted by Crippen LogP contribution is 2.16. The Morgan fingerprint density at radius 3 is 2.38 bits per heavy atom. The normalized spacial score (nSPS) is 7.92. The summed E-state index contributed by atoms with van der Waals surface area (Å²) >= 11 is 9.53. The van der Waals surface area contributed by atoms with Gasteiger partial charge in [-0.15, -0.1) is 23.2 Å². The quantitative estimate of drug-likeness (QED) is 0.291. The molecule has 0 aliphatic heterocycles. The van der Waals surface area contributed by atoms with Crippen LogP contribution in [0.2, 0.25) is 0 Å². The van der Waals surface area contributed by atoms with Crippen molar-refractivity contribution in [2.75, 3.05) is 5.34 Å². The van der Waals surface area contributed by atoms with Gasteiger partial charge in [0.1, 0.15) is 0 Å². The highest BCUT2D eigenvalue weighted by atomic mass is 35.5. The fraction of sp³-hybridized carbons (Fsp3) is 0.250. The first-order chi connectivity index (χ1) is 6.26. The lowest BCUT2D eigenvalue weighted by molar-refractivity contribution is 1.38. The number of benzene rings is 1. The standard InChI is InChI=1S/C7H7N3.CH2Cl2/c1-6-4-2-3-5-7(6)9-10-8;2-1-3/h2-5H,1H3;1H2. The Bertz CT molecular complexity index is 295. The summed E-state index contributed by atoms with van der Waals surface area (Å²) in [5.41, 5.74) is 9.80. The van der Waals surface area contributed by atoms with Crippen LogP contribution in [-0.4, -0.2) is 5.34 Å². The molecule has 0 fully saturated rings. The third kappa shape index (κ3) is 5.36. The van der Waals surface area contributed by atoms with Gasteiger partial charge < -0.3 is 0 Å². The molecule has 70 valence electrons. The average Bonchev–Trinajstić information content (AvgIpc) is 2.11. The smallest absolute Gasteiger partial charge is 0.0967 e. The van der Waals surface area contributed by atoms with E-state index in [1.165, 1.54) is 0 Å². The summed E-state index contributed by atoms with van der Waals surface area (Å²) in [5.74, 6) is 0. The maximum atomic E-state index is 8.10. The van der Waals surface area contributed by atoms with Crippen molar-refractivity contribution in [1.29, 1.82) is 0 Å². The van der Waals surface area contributed by atoms with Crippen molar-refractivity contribution >= 4 is 28.9 Å². The number of hydrogen-bond acceptors (Lipinski definition) is 1. The first kappa shape index (κ1) is 12.1. The number of alkyl halides is 2. The van der Waals surface area contributed by atoms with E-state index in [1.807, 2.05) is 25.1 Å². The molecule has 0 saturated heterocycles. The van der Waals surface area contributed by atoms with Crippen LogP contribution in [0.5, 0.6) is 0 Å². The van der Waals surface area contributed by atoms with Gasteiger partial charge >= 0.3 is 0 Å². The maximum Gasteiger partial charge on any atom is 0.0967 e. The minimum Gasteiger partial charge on any atom is -0.109 e. The Morgan fingerprint density at radius 2 is 1.92 bits per heavy atom. The molecule has 0 saturated carbocycles. The summed E-state index contributed by atoms with van der Waals surface area (Å²) < 4.78 is 0. The molecule has 0 heterocycles. The lowest BCUT2D eigenvalue weighted by Gasteiger charge is -1.93. The number of nitrogens with zero attached hydrogens (tertiary/aromatic N) is 3. The number of aryl methyl sites for hydroxylation is 1. The van der Waals surface area contributed by atoms with E-state index in [4.69, 9.17) is 28.7 Å². The van der Waals surface area contributed by atoms with Crippen LogP contribution >= 0.6 is 23.2 Å². The number of rotatable bonds is 1. The molecule has 1 aromatic carbocycles. The minimum atomic E-state index is 0.194. The Morgan fingerprint density at radius 1 is 1.38 bits per heavy atom. The van der Waals surface area contributed by atoms with Crippen LogP contribution in [0.1, 0.15) is 5.56 Å². The molecule has 0 bridgehead atoms. The molecule has 13 heavy (non-hydrogen) atoms. The van der Waals surface area contributed by atoms with Gasteiger partial charge in [0.15, 0.2) is 0 Å². The molecule has 0 aliphatic carbocycles. The van der Waals surface area contributed by atoms with E-state index >= 15 is 0 Å². The summed E-state index contributed by atoms with van der Waals surface area (Å²) in [6.45, 7) is 1.91. The van der Waals surface area contributed by atoms with E-state index in [2.05, 4.69) is 10.0 Å². The summed E-state index contributed by atoms with van der Waals surface area (Å²) in [5, 5.41) is 3.68. The zero-order valence-corrected chi connectivity index (χ0v) is 8.63. The van der Waals surface area contributed by atoms with E-state index < -0.39 is 0 Å². The molecular weight excluding hydrogens is 209 g/mol. The molecule has 0 N–H and O–H groups in total. The maximum absolute atomic E-state index is 8.10. The average molecular weight is 218 g/mol. The molecule has 0 radical (unpaired) electrons. The van der Waals surface area contributed by atoms with Crippen LogP contribution < -0.4 is 0 Å². The second-order valence-electron chi connectivity index (χ2n) is 2.08. The van der Waals surface area contributed by atoms with Crippen molar-refractivity contribution in [3.63, 3.8) is 0 Å². The second-order valence-corrected chi connectivity index (χ2v) is 2.89. The SMILES string of the molecule is Cc1ccccc1N=[N+]=[N-].ClCCl. The molecule has 1 aromatic rings. The van der Waals surface area contributed by atoms with Crippen molar-refractivity contribution in [3.8, 4) is 0 Å². The van der Waals surface area contributed by atoms with E-state index in [0.717, 1.165) is 5.56 Å². The zero-order valence-electron chi connectivity index (χ0n) is 7.11. The predicted octanol–water partition coefficient (Wildman–Crippen LogP) is 4.36. The first-order valence-corrected chi connectivity index (χ1v) is 4.55. The van der Waals surface area contributed by atoms with Gasteiger partial charge in [-0.1, -0.05) is 29.4 Å². The molecule has 0 spiro atoms. The van der Waals surface area contributed by atoms with Gasteiger partial charge in [-0.05, 0) is 18.0 Å². The fourth-order valence-electron chi connectivity index (χ4n) is 0.724. The molecule has 0 aromatic heterocycles. The van der Waals surface area contributed by atoms with E-state index in [0.29, 0.717) is 5.69 Å². The van der Waals surface area contributed by atoms with Crippen LogP contribution in [-0.2, 0) is 0 Å². The molecule has 1 rings (SSSR count). The molecule has 0 amide bonds. The Labute approximate surface area is 86.9 Å². The van der Waals surface area contributed by atoms with Gasteiger partial charge in [0.05, 0.1) is 5.34 Å². The number of halogens is 2. The zero-order chi connectivity index (χ0) is 10.1. The number of azide groups is 1. The van der Waals surface area contributed by atoms with Gasteiger partial charge in [-0.25, -0.2) is 0 Å². The van der Waals surface area contributed by atoms with Crippen molar-refractivity contribution in [1.82, 2.24) is 0 Å².